The Balaban J connectivity index is 0.00000450. The van der Waals surface area contributed by atoms with Crippen LogP contribution in [0.5, 0.6) is 11.5 Å². The van der Waals surface area contributed by atoms with Crippen LogP contribution in [-0.2, 0) is 13.0 Å². The van der Waals surface area contributed by atoms with E-state index in [-0.39, 0.29) is 30.0 Å². The molecule has 0 saturated heterocycles. The quantitative estimate of drug-likeness (QED) is 0.269. The molecule has 2 N–H and O–H groups in total. The number of hydrogen-bond acceptors (Lipinski definition) is 6. The van der Waals surface area contributed by atoms with E-state index in [9.17, 15) is 0 Å². The highest BCUT2D eigenvalue weighted by Crippen LogP contribution is 2.31. The van der Waals surface area contributed by atoms with E-state index in [0.717, 1.165) is 41.0 Å². The molecular formula is C21H34IN5O2S. The molecule has 9 heteroatoms. The Morgan fingerprint density at radius 3 is 2.47 bits per heavy atom. The molecule has 0 bridgehead atoms. The van der Waals surface area contributed by atoms with E-state index in [1.54, 1.807) is 25.6 Å². The van der Waals surface area contributed by atoms with Crippen molar-refractivity contribution in [3.63, 3.8) is 0 Å². The number of rotatable bonds is 10. The maximum Gasteiger partial charge on any atom is 0.191 e. The fourth-order valence-electron chi connectivity index (χ4n) is 2.93. The molecule has 2 rings (SSSR count). The van der Waals surface area contributed by atoms with E-state index in [0.29, 0.717) is 13.1 Å². The lowest BCUT2D eigenvalue weighted by atomic mass is 10.1. The average molecular weight is 548 g/mol. The third-order valence-electron chi connectivity index (χ3n) is 4.55. The predicted molar refractivity (Wildman–Crippen MR) is 136 cm³/mol. The minimum absolute atomic E-state index is 0. The molecule has 0 aliphatic rings. The summed E-state index contributed by atoms with van der Waals surface area (Å²) in [7, 11) is 7.43. The minimum Gasteiger partial charge on any atom is -0.493 e. The van der Waals surface area contributed by atoms with Crippen LogP contribution in [0.25, 0.3) is 0 Å². The zero-order valence-corrected chi connectivity index (χ0v) is 21.8. The standard InChI is InChI=1S/C21H33N5O2S.HI/c1-7-16-12-23-20(29-16)14-25-21(22-8-2)24-13-17(26(3)4)15-9-10-18(27-5)19(11-15)28-6;/h9-12,17H,7-8,13-14H2,1-6H3,(H2,22,24,25);1H. The maximum atomic E-state index is 5.46. The molecule has 0 fully saturated rings. The van der Waals surface area contributed by atoms with Gasteiger partial charge in [0.05, 0.1) is 26.8 Å². The third kappa shape index (κ3) is 7.59. The van der Waals surface area contributed by atoms with E-state index >= 15 is 0 Å². The largest absolute Gasteiger partial charge is 0.493 e. The second-order valence-corrected chi connectivity index (χ2v) is 7.94. The van der Waals surface area contributed by atoms with E-state index in [1.807, 2.05) is 18.3 Å². The maximum absolute atomic E-state index is 5.46. The molecule has 2 aromatic rings. The fourth-order valence-corrected chi connectivity index (χ4v) is 3.71. The molecule has 0 spiro atoms. The molecule has 0 aliphatic heterocycles. The highest BCUT2D eigenvalue weighted by atomic mass is 127. The molecule has 0 aliphatic carbocycles. The summed E-state index contributed by atoms with van der Waals surface area (Å²) >= 11 is 1.72. The van der Waals surface area contributed by atoms with E-state index in [4.69, 9.17) is 14.5 Å². The fraction of sp³-hybridized carbons (Fsp3) is 0.524. The van der Waals surface area contributed by atoms with Crippen molar-refractivity contribution < 1.29 is 9.47 Å². The smallest absolute Gasteiger partial charge is 0.191 e. The van der Waals surface area contributed by atoms with Gasteiger partial charge in [-0.3, -0.25) is 0 Å². The molecule has 1 aromatic heterocycles. The number of methoxy groups -OCH3 is 2. The first-order chi connectivity index (χ1) is 14.0. The first kappa shape index (κ1) is 26.4. The SMILES string of the molecule is CCNC(=NCc1ncc(CC)s1)NCC(c1ccc(OC)c(OC)c1)N(C)C.I. The molecule has 1 atom stereocenters. The first-order valence-electron chi connectivity index (χ1n) is 9.86. The zero-order chi connectivity index (χ0) is 21.2. The number of guanidine groups is 1. The minimum atomic E-state index is 0. The van der Waals surface area contributed by atoms with Crippen molar-refractivity contribution in [1.29, 1.82) is 0 Å². The molecule has 1 unspecified atom stereocenters. The molecular weight excluding hydrogens is 513 g/mol. The van der Waals surface area contributed by atoms with Gasteiger partial charge in [-0.1, -0.05) is 13.0 Å². The lowest BCUT2D eigenvalue weighted by Gasteiger charge is -2.26. The average Bonchev–Trinajstić information content (AvgIpc) is 3.19. The highest BCUT2D eigenvalue weighted by Gasteiger charge is 2.17. The number of halogens is 1. The summed E-state index contributed by atoms with van der Waals surface area (Å²) in [6.45, 7) is 6.28. The second kappa shape index (κ2) is 13.7. The topological polar surface area (TPSA) is 71.0 Å². The molecule has 30 heavy (non-hydrogen) atoms. The molecule has 168 valence electrons. The van der Waals surface area contributed by atoms with Gasteiger partial charge in [-0.2, -0.15) is 0 Å². The van der Waals surface area contributed by atoms with Gasteiger partial charge in [0.2, 0.25) is 0 Å². The summed E-state index contributed by atoms with van der Waals surface area (Å²) in [4.78, 5) is 12.6. The van der Waals surface area contributed by atoms with Crippen LogP contribution < -0.4 is 20.1 Å². The molecule has 0 radical (unpaired) electrons. The molecule has 1 heterocycles. The lowest BCUT2D eigenvalue weighted by Crippen LogP contribution is -2.41. The van der Waals surface area contributed by atoms with Crippen LogP contribution in [0, 0.1) is 0 Å². The molecule has 0 saturated carbocycles. The van der Waals surface area contributed by atoms with Gasteiger partial charge in [0.25, 0.3) is 0 Å². The van der Waals surface area contributed by atoms with Gasteiger partial charge in [-0.25, -0.2) is 9.98 Å². The Morgan fingerprint density at radius 2 is 1.90 bits per heavy atom. The summed E-state index contributed by atoms with van der Waals surface area (Å²) in [5.41, 5.74) is 1.14. The van der Waals surface area contributed by atoms with Crippen molar-refractivity contribution in [2.45, 2.75) is 32.9 Å². The highest BCUT2D eigenvalue weighted by molar-refractivity contribution is 14.0. The van der Waals surface area contributed by atoms with Crippen molar-refractivity contribution in [2.75, 3.05) is 41.4 Å². The Labute approximate surface area is 201 Å². The zero-order valence-electron chi connectivity index (χ0n) is 18.7. The van der Waals surface area contributed by atoms with Crippen LogP contribution in [0.1, 0.15) is 35.3 Å². The van der Waals surface area contributed by atoms with Crippen molar-refractivity contribution >= 4 is 41.3 Å². The van der Waals surface area contributed by atoms with Crippen LogP contribution in [0.15, 0.2) is 29.4 Å². The van der Waals surface area contributed by atoms with Gasteiger partial charge in [0.1, 0.15) is 5.01 Å². The van der Waals surface area contributed by atoms with E-state index in [1.165, 1.54) is 4.88 Å². The van der Waals surface area contributed by atoms with Gasteiger partial charge in [-0.05, 0) is 45.1 Å². The van der Waals surface area contributed by atoms with Crippen LogP contribution in [0.4, 0.5) is 0 Å². The van der Waals surface area contributed by atoms with Gasteiger partial charge >= 0.3 is 0 Å². The van der Waals surface area contributed by atoms with Crippen LogP contribution in [0.3, 0.4) is 0 Å². The summed E-state index contributed by atoms with van der Waals surface area (Å²) in [6.07, 6.45) is 2.95. The van der Waals surface area contributed by atoms with Crippen LogP contribution in [0.2, 0.25) is 0 Å². The summed E-state index contributed by atoms with van der Waals surface area (Å²) in [5.74, 6) is 2.24. The van der Waals surface area contributed by atoms with Gasteiger partial charge < -0.3 is 25.0 Å². The number of aromatic nitrogens is 1. The molecule has 7 nitrogen and oxygen atoms in total. The number of likely N-dealkylation sites (N-methyl/N-ethyl adjacent to an activating group) is 1. The predicted octanol–water partition coefficient (Wildman–Crippen LogP) is 3.70. The van der Waals surface area contributed by atoms with Crippen molar-refractivity contribution in [3.05, 3.63) is 39.8 Å². The number of nitrogens with one attached hydrogen (secondary N) is 2. The van der Waals surface area contributed by atoms with Gasteiger partial charge in [0.15, 0.2) is 17.5 Å². The normalized spacial score (nSPS) is 12.3. The Hall–Kier alpha value is -1.59. The number of ether oxygens (including phenoxy) is 2. The Bertz CT molecular complexity index is 797. The third-order valence-corrected chi connectivity index (χ3v) is 5.67. The van der Waals surface area contributed by atoms with Crippen molar-refractivity contribution in [2.24, 2.45) is 4.99 Å². The van der Waals surface area contributed by atoms with Gasteiger partial charge in [0, 0.05) is 24.2 Å². The summed E-state index contributed by atoms with van der Waals surface area (Å²) in [6, 6.07) is 6.18. The number of hydrogen-bond donors (Lipinski definition) is 2. The second-order valence-electron chi connectivity index (χ2n) is 6.74. The molecule has 1 aromatic carbocycles. The first-order valence-corrected chi connectivity index (χ1v) is 10.7. The van der Waals surface area contributed by atoms with Crippen molar-refractivity contribution in [3.8, 4) is 11.5 Å². The number of aryl methyl sites for hydroxylation is 1. The number of nitrogens with zero attached hydrogens (tertiary/aromatic N) is 3. The van der Waals surface area contributed by atoms with E-state index in [2.05, 4.69) is 54.5 Å². The van der Waals surface area contributed by atoms with Gasteiger partial charge in [-0.15, -0.1) is 35.3 Å². The Morgan fingerprint density at radius 1 is 1.17 bits per heavy atom. The monoisotopic (exact) mass is 547 g/mol. The number of aliphatic imine (C=N–C) groups is 1. The van der Waals surface area contributed by atoms with Crippen LogP contribution >= 0.6 is 35.3 Å². The Kier molecular flexibility index (Phi) is 12.0. The summed E-state index contributed by atoms with van der Waals surface area (Å²) in [5, 5.41) is 7.80. The number of thiazole rings is 1. The number of benzene rings is 1. The van der Waals surface area contributed by atoms with Crippen LogP contribution in [-0.4, -0.2) is 57.2 Å². The summed E-state index contributed by atoms with van der Waals surface area (Å²) < 4.78 is 10.8. The van der Waals surface area contributed by atoms with E-state index < -0.39 is 0 Å². The van der Waals surface area contributed by atoms with Crippen molar-refractivity contribution in [1.82, 2.24) is 20.5 Å². The molecule has 0 amide bonds. The lowest BCUT2D eigenvalue weighted by molar-refractivity contribution is 0.295.